The quantitative estimate of drug-likeness (QED) is 0.879. The fourth-order valence-corrected chi connectivity index (χ4v) is 4.33. The van der Waals surface area contributed by atoms with Gasteiger partial charge in [0.25, 0.3) is 0 Å². The van der Waals surface area contributed by atoms with Gasteiger partial charge in [0.05, 0.1) is 4.90 Å². The van der Waals surface area contributed by atoms with Gasteiger partial charge in [0.15, 0.2) is 0 Å². The summed E-state index contributed by atoms with van der Waals surface area (Å²) in [4.78, 5) is 0.206. The molecule has 0 bridgehead atoms. The average Bonchev–Trinajstić information content (AvgIpc) is 2.63. The summed E-state index contributed by atoms with van der Waals surface area (Å²) in [6.07, 6.45) is 0.665. The topological polar surface area (TPSA) is 63.4 Å². The first-order chi connectivity index (χ1) is 8.32. The van der Waals surface area contributed by atoms with Crippen LogP contribution in [-0.2, 0) is 10.0 Å². The zero-order valence-electron chi connectivity index (χ0n) is 10.5. The molecule has 1 aromatic carbocycles. The van der Waals surface area contributed by atoms with Crippen molar-refractivity contribution in [1.82, 2.24) is 4.31 Å². The Morgan fingerprint density at radius 1 is 1.33 bits per heavy atom. The molecule has 4 nitrogen and oxygen atoms in total. The van der Waals surface area contributed by atoms with Gasteiger partial charge in [0, 0.05) is 19.1 Å². The maximum Gasteiger partial charge on any atom is 0.243 e. The van der Waals surface area contributed by atoms with Gasteiger partial charge in [-0.2, -0.15) is 4.31 Å². The highest BCUT2D eigenvalue weighted by Gasteiger charge is 2.33. The minimum Gasteiger partial charge on any atom is -0.326 e. The van der Waals surface area contributed by atoms with Crippen LogP contribution in [0.5, 0.6) is 0 Å². The fourth-order valence-electron chi connectivity index (χ4n) is 2.41. The third-order valence-electron chi connectivity index (χ3n) is 3.21. The Hall–Kier alpha value is -0.980. The molecule has 1 aromatic rings. The number of halogens is 1. The summed E-state index contributed by atoms with van der Waals surface area (Å²) < 4.78 is 39.5. The van der Waals surface area contributed by atoms with Gasteiger partial charge in [0.1, 0.15) is 5.82 Å². The molecular weight excluding hydrogens is 255 g/mol. The van der Waals surface area contributed by atoms with Crippen LogP contribution in [0.1, 0.15) is 17.5 Å². The van der Waals surface area contributed by atoms with E-state index in [1.807, 2.05) is 0 Å². The van der Waals surface area contributed by atoms with Crippen LogP contribution in [-0.4, -0.2) is 31.9 Å². The summed E-state index contributed by atoms with van der Waals surface area (Å²) >= 11 is 0. The lowest BCUT2D eigenvalue weighted by Gasteiger charge is -2.19. The van der Waals surface area contributed by atoms with Crippen LogP contribution < -0.4 is 5.73 Å². The van der Waals surface area contributed by atoms with Crippen molar-refractivity contribution < 1.29 is 12.8 Å². The van der Waals surface area contributed by atoms with Crippen molar-refractivity contribution >= 4 is 10.0 Å². The smallest absolute Gasteiger partial charge is 0.243 e. The summed E-state index contributed by atoms with van der Waals surface area (Å²) in [7, 11) is -3.56. The Balaban J connectivity index is 2.48. The van der Waals surface area contributed by atoms with E-state index in [1.165, 1.54) is 16.4 Å². The standard InChI is InChI=1S/C12H17FN2O2S/c1-8-5-10(13)6-9(2)12(8)18(16,17)15-4-3-11(14)7-15/h5-6,11H,3-4,7,14H2,1-2H3/t11-/m1/s1. The Kier molecular flexibility index (Phi) is 3.44. The molecule has 0 unspecified atom stereocenters. The van der Waals surface area contributed by atoms with E-state index in [0.717, 1.165) is 0 Å². The first-order valence-corrected chi connectivity index (χ1v) is 7.29. The molecule has 1 aliphatic rings. The van der Waals surface area contributed by atoms with Gasteiger partial charge in [-0.15, -0.1) is 0 Å². The van der Waals surface area contributed by atoms with Crippen LogP contribution in [0.15, 0.2) is 17.0 Å². The van der Waals surface area contributed by atoms with Gasteiger partial charge in [-0.3, -0.25) is 0 Å². The molecule has 0 aliphatic carbocycles. The largest absolute Gasteiger partial charge is 0.326 e. The van der Waals surface area contributed by atoms with Crippen molar-refractivity contribution in [1.29, 1.82) is 0 Å². The van der Waals surface area contributed by atoms with Crippen LogP contribution >= 0.6 is 0 Å². The van der Waals surface area contributed by atoms with E-state index in [2.05, 4.69) is 0 Å². The highest BCUT2D eigenvalue weighted by molar-refractivity contribution is 7.89. The van der Waals surface area contributed by atoms with Crippen molar-refractivity contribution in [2.24, 2.45) is 5.73 Å². The van der Waals surface area contributed by atoms with Crippen molar-refractivity contribution in [2.75, 3.05) is 13.1 Å². The highest BCUT2D eigenvalue weighted by atomic mass is 32.2. The monoisotopic (exact) mass is 272 g/mol. The van der Waals surface area contributed by atoms with Crippen LogP contribution in [0, 0.1) is 19.7 Å². The molecule has 0 amide bonds. The fraction of sp³-hybridized carbons (Fsp3) is 0.500. The lowest BCUT2D eigenvalue weighted by Crippen LogP contribution is -2.32. The lowest BCUT2D eigenvalue weighted by molar-refractivity contribution is 0.471. The number of benzene rings is 1. The zero-order chi connectivity index (χ0) is 13.5. The molecule has 0 saturated carbocycles. The molecular formula is C12H17FN2O2S. The van der Waals surface area contributed by atoms with E-state index in [4.69, 9.17) is 5.73 Å². The Labute approximate surface area is 107 Å². The van der Waals surface area contributed by atoms with Crippen molar-refractivity contribution in [3.05, 3.63) is 29.1 Å². The van der Waals surface area contributed by atoms with Crippen LogP contribution in [0.4, 0.5) is 4.39 Å². The van der Waals surface area contributed by atoms with E-state index >= 15 is 0 Å². The molecule has 0 spiro atoms. The third kappa shape index (κ3) is 2.28. The van der Waals surface area contributed by atoms with Gasteiger partial charge < -0.3 is 5.73 Å². The van der Waals surface area contributed by atoms with Gasteiger partial charge in [-0.1, -0.05) is 0 Å². The number of nitrogens with zero attached hydrogens (tertiary/aromatic N) is 1. The van der Waals surface area contributed by atoms with Crippen molar-refractivity contribution in [3.8, 4) is 0 Å². The van der Waals surface area contributed by atoms with Crippen molar-refractivity contribution in [2.45, 2.75) is 31.2 Å². The zero-order valence-corrected chi connectivity index (χ0v) is 11.3. The first kappa shape index (κ1) is 13.5. The minimum atomic E-state index is -3.56. The van der Waals surface area contributed by atoms with Crippen LogP contribution in [0.25, 0.3) is 0 Å². The first-order valence-electron chi connectivity index (χ1n) is 5.85. The van der Waals surface area contributed by atoms with Crippen LogP contribution in [0.2, 0.25) is 0 Å². The maximum atomic E-state index is 13.2. The Morgan fingerprint density at radius 2 is 1.89 bits per heavy atom. The van der Waals surface area contributed by atoms with E-state index in [1.54, 1.807) is 13.8 Å². The van der Waals surface area contributed by atoms with E-state index in [0.29, 0.717) is 30.6 Å². The SMILES string of the molecule is Cc1cc(F)cc(C)c1S(=O)(=O)N1CC[C@@H](N)C1. The minimum absolute atomic E-state index is 0.110. The lowest BCUT2D eigenvalue weighted by atomic mass is 10.1. The summed E-state index contributed by atoms with van der Waals surface area (Å²) in [6, 6.07) is 2.38. The van der Waals surface area contributed by atoms with Gasteiger partial charge in [0.2, 0.25) is 10.0 Å². The summed E-state index contributed by atoms with van der Waals surface area (Å²) in [5.74, 6) is -0.415. The normalized spacial score (nSPS) is 21.4. The number of rotatable bonds is 2. The molecule has 2 rings (SSSR count). The molecule has 0 aromatic heterocycles. The molecule has 1 saturated heterocycles. The Morgan fingerprint density at radius 3 is 2.33 bits per heavy atom. The second-order valence-electron chi connectivity index (χ2n) is 4.78. The van der Waals surface area contributed by atoms with Crippen LogP contribution in [0.3, 0.4) is 0 Å². The molecule has 100 valence electrons. The number of aryl methyl sites for hydroxylation is 2. The van der Waals surface area contributed by atoms with Gasteiger partial charge in [-0.25, -0.2) is 12.8 Å². The van der Waals surface area contributed by atoms with Crippen molar-refractivity contribution in [3.63, 3.8) is 0 Å². The molecule has 18 heavy (non-hydrogen) atoms. The summed E-state index contributed by atoms with van der Waals surface area (Å²) in [5.41, 5.74) is 6.61. The molecule has 1 aliphatic heterocycles. The van der Waals surface area contributed by atoms with E-state index in [-0.39, 0.29) is 10.9 Å². The predicted molar refractivity (Wildman–Crippen MR) is 67.2 cm³/mol. The average molecular weight is 272 g/mol. The molecule has 1 atom stereocenters. The second-order valence-corrected chi connectivity index (χ2v) is 6.66. The van der Waals surface area contributed by atoms with Gasteiger partial charge >= 0.3 is 0 Å². The predicted octanol–water partition coefficient (Wildman–Crippen LogP) is 1.16. The van der Waals surface area contributed by atoms with E-state index < -0.39 is 15.8 Å². The number of nitrogens with two attached hydrogens (primary N) is 1. The van der Waals surface area contributed by atoms with E-state index in [9.17, 15) is 12.8 Å². The molecule has 6 heteroatoms. The molecule has 0 radical (unpaired) electrons. The second kappa shape index (κ2) is 4.60. The number of hydrogen-bond acceptors (Lipinski definition) is 3. The summed E-state index contributed by atoms with van der Waals surface area (Å²) in [6.45, 7) is 3.98. The van der Waals surface area contributed by atoms with Gasteiger partial charge in [-0.05, 0) is 43.5 Å². The maximum absolute atomic E-state index is 13.2. The highest BCUT2D eigenvalue weighted by Crippen LogP contribution is 2.27. The number of sulfonamides is 1. The summed E-state index contributed by atoms with van der Waals surface area (Å²) in [5, 5.41) is 0. The number of hydrogen-bond donors (Lipinski definition) is 1. The Bertz CT molecular complexity index is 548. The molecule has 2 N–H and O–H groups in total. The molecule has 1 fully saturated rings. The third-order valence-corrected chi connectivity index (χ3v) is 5.38. The molecule has 1 heterocycles.